The number of carbonyl (C=O) groups excluding carboxylic acids is 1. The van der Waals surface area contributed by atoms with Crippen LogP contribution in [0, 0.1) is 0 Å². The number of amides is 1. The topological polar surface area (TPSA) is 62.0 Å². The second-order valence-corrected chi connectivity index (χ2v) is 4.41. The standard InChI is InChI=1S/C13H14N2O2S/c16-12(14-5-6-18)8-10-7-9-3-1-2-4-11(9)13(17)15-10/h1-4,7,18H,5-6,8H2,(H,14,16)(H,15,17). The molecular formula is C13H14N2O2S. The molecule has 0 radical (unpaired) electrons. The highest BCUT2D eigenvalue weighted by Crippen LogP contribution is 2.09. The van der Waals surface area contributed by atoms with Crippen LogP contribution in [0.25, 0.3) is 10.8 Å². The van der Waals surface area contributed by atoms with Crippen LogP contribution in [0.4, 0.5) is 0 Å². The molecule has 2 aromatic rings. The Morgan fingerprint density at radius 3 is 2.89 bits per heavy atom. The molecule has 0 saturated carbocycles. The maximum atomic E-state index is 11.8. The highest BCUT2D eigenvalue weighted by molar-refractivity contribution is 7.80. The summed E-state index contributed by atoms with van der Waals surface area (Å²) in [6.45, 7) is 0.528. The first-order chi connectivity index (χ1) is 8.70. The van der Waals surface area contributed by atoms with Crippen molar-refractivity contribution in [1.82, 2.24) is 10.3 Å². The Morgan fingerprint density at radius 2 is 2.11 bits per heavy atom. The molecule has 5 heteroatoms. The number of nitrogens with one attached hydrogen (secondary N) is 2. The van der Waals surface area contributed by atoms with Gasteiger partial charge in [0, 0.05) is 23.4 Å². The van der Waals surface area contributed by atoms with Crippen molar-refractivity contribution in [2.75, 3.05) is 12.3 Å². The minimum atomic E-state index is -0.162. The molecule has 18 heavy (non-hydrogen) atoms. The molecule has 0 atom stereocenters. The SMILES string of the molecule is O=C(Cc1cc2ccccc2c(=O)[nH]1)NCCS. The minimum absolute atomic E-state index is 0.116. The van der Waals surface area contributed by atoms with Crippen molar-refractivity contribution in [1.29, 1.82) is 0 Å². The van der Waals surface area contributed by atoms with Crippen LogP contribution in [0.1, 0.15) is 5.69 Å². The average Bonchev–Trinajstić information content (AvgIpc) is 2.36. The van der Waals surface area contributed by atoms with Crippen molar-refractivity contribution < 1.29 is 4.79 Å². The maximum Gasteiger partial charge on any atom is 0.256 e. The molecule has 0 saturated heterocycles. The first kappa shape index (κ1) is 12.7. The van der Waals surface area contributed by atoms with Gasteiger partial charge in [0.15, 0.2) is 0 Å². The van der Waals surface area contributed by atoms with Gasteiger partial charge in [0.25, 0.3) is 5.56 Å². The van der Waals surface area contributed by atoms with Crippen molar-refractivity contribution in [2.45, 2.75) is 6.42 Å². The number of thiol groups is 1. The highest BCUT2D eigenvalue weighted by Gasteiger charge is 2.05. The summed E-state index contributed by atoms with van der Waals surface area (Å²) < 4.78 is 0. The average molecular weight is 262 g/mol. The van der Waals surface area contributed by atoms with Gasteiger partial charge in [-0.3, -0.25) is 9.59 Å². The van der Waals surface area contributed by atoms with Gasteiger partial charge < -0.3 is 10.3 Å². The van der Waals surface area contributed by atoms with Crippen molar-refractivity contribution in [2.24, 2.45) is 0 Å². The third kappa shape index (κ3) is 2.92. The highest BCUT2D eigenvalue weighted by atomic mass is 32.1. The third-order valence-corrected chi connectivity index (χ3v) is 2.82. The first-order valence-electron chi connectivity index (χ1n) is 5.69. The molecule has 1 aromatic carbocycles. The van der Waals surface area contributed by atoms with Gasteiger partial charge in [0.2, 0.25) is 5.91 Å². The number of aromatic nitrogens is 1. The molecule has 0 unspecified atom stereocenters. The van der Waals surface area contributed by atoms with E-state index in [0.29, 0.717) is 23.4 Å². The maximum absolute atomic E-state index is 11.8. The van der Waals surface area contributed by atoms with E-state index in [1.165, 1.54) is 0 Å². The number of hydrogen-bond acceptors (Lipinski definition) is 3. The van der Waals surface area contributed by atoms with Gasteiger partial charge in [-0.15, -0.1) is 0 Å². The van der Waals surface area contributed by atoms with Crippen LogP contribution in [0.2, 0.25) is 0 Å². The lowest BCUT2D eigenvalue weighted by molar-refractivity contribution is -0.120. The van der Waals surface area contributed by atoms with Crippen molar-refractivity contribution in [3.8, 4) is 0 Å². The van der Waals surface area contributed by atoms with Crippen LogP contribution >= 0.6 is 12.6 Å². The number of rotatable bonds is 4. The number of H-pyrrole nitrogens is 1. The summed E-state index contributed by atoms with van der Waals surface area (Å²) in [6, 6.07) is 9.14. The zero-order valence-electron chi connectivity index (χ0n) is 9.77. The van der Waals surface area contributed by atoms with E-state index < -0.39 is 0 Å². The molecule has 0 aliphatic heterocycles. The molecule has 0 aliphatic rings. The van der Waals surface area contributed by atoms with Crippen molar-refractivity contribution in [3.63, 3.8) is 0 Å². The van der Waals surface area contributed by atoms with Gasteiger partial charge in [-0.05, 0) is 17.5 Å². The molecule has 0 fully saturated rings. The van der Waals surface area contributed by atoms with Crippen LogP contribution in [-0.2, 0) is 11.2 Å². The largest absolute Gasteiger partial charge is 0.355 e. The first-order valence-corrected chi connectivity index (χ1v) is 6.32. The van der Waals surface area contributed by atoms with E-state index in [2.05, 4.69) is 22.9 Å². The number of benzene rings is 1. The van der Waals surface area contributed by atoms with E-state index in [0.717, 1.165) is 5.39 Å². The molecule has 0 aliphatic carbocycles. The summed E-state index contributed by atoms with van der Waals surface area (Å²) in [4.78, 5) is 26.1. The Morgan fingerprint density at radius 1 is 1.33 bits per heavy atom. The van der Waals surface area contributed by atoms with E-state index in [1.807, 2.05) is 24.3 Å². The molecule has 0 bridgehead atoms. The lowest BCUT2D eigenvalue weighted by Crippen LogP contribution is -2.27. The van der Waals surface area contributed by atoms with Crippen molar-refractivity contribution >= 4 is 29.3 Å². The zero-order valence-corrected chi connectivity index (χ0v) is 10.7. The Labute approximate surface area is 110 Å². The second-order valence-electron chi connectivity index (χ2n) is 3.96. The van der Waals surface area contributed by atoms with Crippen LogP contribution in [-0.4, -0.2) is 23.2 Å². The summed E-state index contributed by atoms with van der Waals surface area (Å²) in [7, 11) is 0. The Balaban J connectivity index is 2.24. The molecule has 94 valence electrons. The quantitative estimate of drug-likeness (QED) is 0.723. The van der Waals surface area contributed by atoms with Gasteiger partial charge in [0.1, 0.15) is 0 Å². The number of hydrogen-bond donors (Lipinski definition) is 3. The molecule has 0 spiro atoms. The molecule has 1 heterocycles. The fraction of sp³-hybridized carbons (Fsp3) is 0.231. The predicted octanol–water partition coefficient (Wildman–Crippen LogP) is 1.12. The van der Waals surface area contributed by atoms with E-state index in [4.69, 9.17) is 0 Å². The Kier molecular flexibility index (Phi) is 4.04. The normalized spacial score (nSPS) is 10.5. The molecule has 1 amide bonds. The number of fused-ring (bicyclic) bond motifs is 1. The lowest BCUT2D eigenvalue weighted by Gasteiger charge is -2.04. The summed E-state index contributed by atoms with van der Waals surface area (Å²) in [5.74, 6) is 0.481. The molecule has 4 nitrogen and oxygen atoms in total. The van der Waals surface area contributed by atoms with Crippen LogP contribution in [0.3, 0.4) is 0 Å². The van der Waals surface area contributed by atoms with Gasteiger partial charge in [0.05, 0.1) is 6.42 Å². The number of carbonyl (C=O) groups is 1. The Bertz CT molecular complexity index is 622. The second kappa shape index (κ2) is 5.73. The molecule has 1 aromatic heterocycles. The van der Waals surface area contributed by atoms with Crippen LogP contribution < -0.4 is 10.9 Å². The van der Waals surface area contributed by atoms with Gasteiger partial charge >= 0.3 is 0 Å². The van der Waals surface area contributed by atoms with E-state index in [9.17, 15) is 9.59 Å². The van der Waals surface area contributed by atoms with Gasteiger partial charge in [-0.2, -0.15) is 12.6 Å². The predicted molar refractivity (Wildman–Crippen MR) is 75.1 cm³/mol. The summed E-state index contributed by atoms with van der Waals surface area (Å²) in [6.07, 6.45) is 0.174. The Hall–Kier alpha value is -1.75. The monoisotopic (exact) mass is 262 g/mol. The number of aromatic amines is 1. The fourth-order valence-corrected chi connectivity index (χ4v) is 1.90. The number of pyridine rings is 1. The van der Waals surface area contributed by atoms with E-state index in [-0.39, 0.29) is 17.9 Å². The van der Waals surface area contributed by atoms with Gasteiger partial charge in [-0.25, -0.2) is 0 Å². The molecule has 2 N–H and O–H groups in total. The van der Waals surface area contributed by atoms with Crippen molar-refractivity contribution in [3.05, 3.63) is 46.4 Å². The summed E-state index contributed by atoms with van der Waals surface area (Å²) in [5.41, 5.74) is 0.459. The lowest BCUT2D eigenvalue weighted by atomic mass is 10.1. The molecule has 2 rings (SSSR count). The third-order valence-electron chi connectivity index (χ3n) is 2.59. The van der Waals surface area contributed by atoms with Crippen LogP contribution in [0.5, 0.6) is 0 Å². The minimum Gasteiger partial charge on any atom is -0.355 e. The summed E-state index contributed by atoms with van der Waals surface area (Å²) in [5, 5.41) is 4.19. The summed E-state index contributed by atoms with van der Waals surface area (Å²) >= 11 is 4.01. The zero-order chi connectivity index (χ0) is 13.0. The van der Waals surface area contributed by atoms with Crippen LogP contribution in [0.15, 0.2) is 35.1 Å². The molecular weight excluding hydrogens is 248 g/mol. The van der Waals surface area contributed by atoms with E-state index in [1.54, 1.807) is 6.07 Å². The van der Waals surface area contributed by atoms with Gasteiger partial charge in [-0.1, -0.05) is 18.2 Å². The van der Waals surface area contributed by atoms with E-state index >= 15 is 0 Å². The smallest absolute Gasteiger partial charge is 0.256 e. The fourth-order valence-electron chi connectivity index (χ4n) is 1.79.